The molecule has 0 bridgehead atoms. The molecule has 0 saturated carbocycles. The summed E-state index contributed by atoms with van der Waals surface area (Å²) in [4.78, 5) is 36.1. The normalized spacial score (nSPS) is 10.8. The summed E-state index contributed by atoms with van der Waals surface area (Å²) in [6.45, 7) is -0.717. The van der Waals surface area contributed by atoms with Gasteiger partial charge in [0, 0.05) is 13.2 Å². The Labute approximate surface area is 190 Å². The third-order valence-electron chi connectivity index (χ3n) is 4.50. The minimum absolute atomic E-state index is 0.0838. The molecule has 2 amide bonds. The van der Waals surface area contributed by atoms with E-state index in [0.717, 1.165) is 6.07 Å². The van der Waals surface area contributed by atoms with Crippen LogP contribution in [0.15, 0.2) is 71.8 Å². The van der Waals surface area contributed by atoms with Crippen molar-refractivity contribution in [2.45, 2.75) is 4.90 Å². The summed E-state index contributed by atoms with van der Waals surface area (Å²) >= 11 is 0. The van der Waals surface area contributed by atoms with Gasteiger partial charge in [0.25, 0.3) is 21.8 Å². The van der Waals surface area contributed by atoms with Crippen LogP contribution in [0.3, 0.4) is 0 Å². The topological polar surface area (TPSA) is 133 Å². The highest BCUT2D eigenvalue weighted by atomic mass is 32.2. The predicted octanol–water partition coefficient (Wildman–Crippen LogP) is 1.95. The Kier molecular flexibility index (Phi) is 7.13. The minimum Gasteiger partial charge on any atom is -0.495 e. The average Bonchev–Trinajstić information content (AvgIpc) is 3.23. The van der Waals surface area contributed by atoms with Gasteiger partial charge < -0.3 is 14.0 Å². The number of imide groups is 1. The van der Waals surface area contributed by atoms with E-state index in [1.54, 1.807) is 37.5 Å². The molecule has 2 N–H and O–H groups in total. The second-order valence-corrected chi connectivity index (χ2v) is 8.47. The first-order chi connectivity index (χ1) is 15.7. The number of amides is 2. The van der Waals surface area contributed by atoms with Crippen LogP contribution in [0.1, 0.15) is 20.8 Å². The smallest absolute Gasteiger partial charge is 0.338 e. The average molecular weight is 471 g/mol. The van der Waals surface area contributed by atoms with Crippen LogP contribution in [0.25, 0.3) is 0 Å². The molecule has 1 heterocycles. The molecule has 0 saturated heterocycles. The number of nitrogens with zero attached hydrogens (tertiary/aromatic N) is 1. The third-order valence-corrected chi connectivity index (χ3v) is 5.86. The monoisotopic (exact) mass is 471 g/mol. The van der Waals surface area contributed by atoms with E-state index in [9.17, 15) is 22.8 Å². The quantitative estimate of drug-likeness (QED) is 0.480. The third kappa shape index (κ3) is 5.77. The fourth-order valence-electron chi connectivity index (χ4n) is 2.86. The van der Waals surface area contributed by atoms with Gasteiger partial charge in [0.1, 0.15) is 11.4 Å². The second kappa shape index (κ2) is 10.0. The molecule has 3 rings (SSSR count). The molecule has 0 aliphatic carbocycles. The molecule has 3 aromatic rings. The number of carbonyl (C=O) groups excluding carboxylic acids is 3. The molecular formula is C22H21N3O7S. The van der Waals surface area contributed by atoms with E-state index in [2.05, 4.69) is 10.0 Å². The lowest BCUT2D eigenvalue weighted by Gasteiger charge is -2.12. The van der Waals surface area contributed by atoms with Gasteiger partial charge in [0.15, 0.2) is 6.61 Å². The lowest BCUT2D eigenvalue weighted by Crippen LogP contribution is -2.35. The SMILES string of the molecule is COc1ccccc1NS(=O)(=O)c1cccc(C(=O)OCC(=O)NC(=O)c2cccn2C)c1. The van der Waals surface area contributed by atoms with Crippen molar-refractivity contribution in [3.8, 4) is 5.75 Å². The van der Waals surface area contributed by atoms with E-state index in [1.807, 2.05) is 0 Å². The van der Waals surface area contributed by atoms with Crippen LogP contribution in [0.5, 0.6) is 5.75 Å². The van der Waals surface area contributed by atoms with Crippen LogP contribution in [0, 0.1) is 0 Å². The number of aromatic nitrogens is 1. The second-order valence-electron chi connectivity index (χ2n) is 6.79. The fourth-order valence-corrected chi connectivity index (χ4v) is 3.98. The first-order valence-electron chi connectivity index (χ1n) is 9.60. The molecular weight excluding hydrogens is 450 g/mol. The van der Waals surface area contributed by atoms with Crippen molar-refractivity contribution in [2.75, 3.05) is 18.4 Å². The molecule has 0 fully saturated rings. The number of para-hydroxylation sites is 2. The lowest BCUT2D eigenvalue weighted by molar-refractivity contribution is -0.123. The maximum Gasteiger partial charge on any atom is 0.338 e. The van der Waals surface area contributed by atoms with Gasteiger partial charge in [0.05, 0.1) is 23.3 Å². The van der Waals surface area contributed by atoms with Gasteiger partial charge in [-0.15, -0.1) is 0 Å². The number of anilines is 1. The van der Waals surface area contributed by atoms with Crippen LogP contribution in [0.2, 0.25) is 0 Å². The number of benzene rings is 2. The highest BCUT2D eigenvalue weighted by Gasteiger charge is 2.20. The van der Waals surface area contributed by atoms with Crippen molar-refractivity contribution in [1.29, 1.82) is 0 Å². The van der Waals surface area contributed by atoms with Crippen molar-refractivity contribution in [2.24, 2.45) is 7.05 Å². The van der Waals surface area contributed by atoms with E-state index >= 15 is 0 Å². The molecule has 0 atom stereocenters. The number of carbonyl (C=O) groups is 3. The van der Waals surface area contributed by atoms with Gasteiger partial charge in [-0.3, -0.25) is 19.6 Å². The number of hydrogen-bond donors (Lipinski definition) is 2. The fraction of sp³-hybridized carbons (Fsp3) is 0.136. The first-order valence-corrected chi connectivity index (χ1v) is 11.1. The summed E-state index contributed by atoms with van der Waals surface area (Å²) in [6.07, 6.45) is 1.64. The van der Waals surface area contributed by atoms with Gasteiger partial charge in [0.2, 0.25) is 0 Å². The number of aryl methyl sites for hydroxylation is 1. The number of esters is 1. The van der Waals surface area contributed by atoms with Crippen LogP contribution in [-0.4, -0.2) is 44.5 Å². The summed E-state index contributed by atoms with van der Waals surface area (Å²) in [5.74, 6) is -2.06. The number of sulfonamides is 1. The molecule has 0 unspecified atom stereocenters. The zero-order chi connectivity index (χ0) is 24.0. The highest BCUT2D eigenvalue weighted by Crippen LogP contribution is 2.26. The molecule has 11 heteroatoms. The number of nitrogens with one attached hydrogen (secondary N) is 2. The lowest BCUT2D eigenvalue weighted by atomic mass is 10.2. The van der Waals surface area contributed by atoms with E-state index in [-0.39, 0.29) is 21.8 Å². The molecule has 172 valence electrons. The van der Waals surface area contributed by atoms with Crippen LogP contribution < -0.4 is 14.8 Å². The summed E-state index contributed by atoms with van der Waals surface area (Å²) in [5, 5.41) is 2.11. The molecule has 33 heavy (non-hydrogen) atoms. The summed E-state index contributed by atoms with van der Waals surface area (Å²) < 4.78 is 39.5. The standard InChI is InChI=1S/C22H21N3O7S/c1-25-12-6-10-18(25)21(27)23-20(26)14-32-22(28)15-7-5-8-16(13-15)33(29,30)24-17-9-3-4-11-19(17)31-2/h3-13,24H,14H2,1-2H3,(H,23,26,27). The van der Waals surface area contributed by atoms with Crippen molar-refractivity contribution in [1.82, 2.24) is 9.88 Å². The molecule has 0 radical (unpaired) electrons. The first kappa shape index (κ1) is 23.5. The number of rotatable bonds is 8. The minimum atomic E-state index is -4.04. The molecule has 0 spiro atoms. The Hall–Kier alpha value is -4.12. The Balaban J connectivity index is 1.65. The largest absolute Gasteiger partial charge is 0.495 e. The van der Waals surface area contributed by atoms with Crippen molar-refractivity contribution >= 4 is 33.5 Å². The Morgan fingerprint density at radius 2 is 1.76 bits per heavy atom. The van der Waals surface area contributed by atoms with Crippen molar-refractivity contribution in [3.05, 3.63) is 78.1 Å². The summed E-state index contributed by atoms with van der Waals surface area (Å²) in [7, 11) is -0.990. The van der Waals surface area contributed by atoms with Crippen molar-refractivity contribution in [3.63, 3.8) is 0 Å². The van der Waals surface area contributed by atoms with Crippen LogP contribution in [0.4, 0.5) is 5.69 Å². The number of methoxy groups -OCH3 is 1. The predicted molar refractivity (Wildman–Crippen MR) is 118 cm³/mol. The van der Waals surface area contributed by atoms with Gasteiger partial charge in [-0.1, -0.05) is 18.2 Å². The van der Waals surface area contributed by atoms with E-state index in [4.69, 9.17) is 9.47 Å². The van der Waals surface area contributed by atoms with E-state index in [0.29, 0.717) is 5.75 Å². The molecule has 2 aromatic carbocycles. The zero-order valence-electron chi connectivity index (χ0n) is 17.8. The van der Waals surface area contributed by atoms with Crippen LogP contribution in [-0.2, 0) is 26.6 Å². The Morgan fingerprint density at radius 1 is 1.00 bits per heavy atom. The maximum atomic E-state index is 12.7. The van der Waals surface area contributed by atoms with Gasteiger partial charge in [-0.2, -0.15) is 0 Å². The van der Waals surface area contributed by atoms with Gasteiger partial charge in [-0.25, -0.2) is 13.2 Å². The molecule has 0 aliphatic rings. The number of ether oxygens (including phenoxy) is 2. The maximum absolute atomic E-state index is 12.7. The Morgan fingerprint density at radius 3 is 2.45 bits per heavy atom. The van der Waals surface area contributed by atoms with Crippen molar-refractivity contribution < 1.29 is 32.3 Å². The van der Waals surface area contributed by atoms with Gasteiger partial charge >= 0.3 is 5.97 Å². The van der Waals surface area contributed by atoms with E-state index < -0.39 is 34.4 Å². The summed E-state index contributed by atoms with van der Waals surface area (Å²) in [5.41, 5.74) is 0.405. The molecule has 1 aromatic heterocycles. The summed E-state index contributed by atoms with van der Waals surface area (Å²) in [6, 6.07) is 14.8. The molecule has 0 aliphatic heterocycles. The molecule has 10 nitrogen and oxygen atoms in total. The van der Waals surface area contributed by atoms with Gasteiger partial charge in [-0.05, 0) is 42.5 Å². The van der Waals surface area contributed by atoms with Crippen LogP contribution >= 0.6 is 0 Å². The van der Waals surface area contributed by atoms with E-state index in [1.165, 1.54) is 42.0 Å². The number of hydrogen-bond acceptors (Lipinski definition) is 7. The Bertz CT molecular complexity index is 1300. The highest BCUT2D eigenvalue weighted by molar-refractivity contribution is 7.92. The zero-order valence-corrected chi connectivity index (χ0v) is 18.6.